The van der Waals surface area contributed by atoms with Crippen molar-refractivity contribution in [2.45, 2.75) is 19.4 Å². The van der Waals surface area contributed by atoms with Gasteiger partial charge in [0.15, 0.2) is 11.6 Å². The largest absolute Gasteiger partial charge is 0.389 e. The number of anilines is 1. The van der Waals surface area contributed by atoms with Gasteiger partial charge in [-0.1, -0.05) is 12.2 Å². The standard InChI is InChI=1S/C14H19F2N3S/c1-14(2)8-19(7-6-18(14)3)10-5-4-9(13(17)20)11(15)12(10)16/h4-5H,6-8H2,1-3H3,(H2,17,20). The molecule has 0 aliphatic carbocycles. The van der Waals surface area contributed by atoms with Crippen LogP contribution in [0.4, 0.5) is 14.5 Å². The Balaban J connectivity index is 2.35. The van der Waals surface area contributed by atoms with Crippen molar-refractivity contribution >= 4 is 22.9 Å². The second kappa shape index (κ2) is 5.26. The SMILES string of the molecule is CN1CCN(c2ccc(C(N)=S)c(F)c2F)CC1(C)C. The summed E-state index contributed by atoms with van der Waals surface area (Å²) in [5.41, 5.74) is 5.50. The second-order valence-electron chi connectivity index (χ2n) is 5.78. The fourth-order valence-corrected chi connectivity index (χ4v) is 2.58. The Labute approximate surface area is 123 Å². The van der Waals surface area contributed by atoms with E-state index in [4.69, 9.17) is 18.0 Å². The highest BCUT2D eigenvalue weighted by Crippen LogP contribution is 2.29. The predicted octanol–water partition coefficient (Wildman–Crippen LogP) is 2.13. The van der Waals surface area contributed by atoms with Crippen LogP contribution in [0.3, 0.4) is 0 Å². The van der Waals surface area contributed by atoms with Crippen molar-refractivity contribution in [2.75, 3.05) is 31.6 Å². The molecule has 0 radical (unpaired) electrons. The fourth-order valence-electron chi connectivity index (χ4n) is 2.42. The molecule has 6 heteroatoms. The predicted molar refractivity (Wildman–Crippen MR) is 81.2 cm³/mol. The molecule has 2 N–H and O–H groups in total. The maximum Gasteiger partial charge on any atom is 0.182 e. The van der Waals surface area contributed by atoms with Crippen LogP contribution in [0.25, 0.3) is 0 Å². The Morgan fingerprint density at radius 2 is 1.90 bits per heavy atom. The van der Waals surface area contributed by atoms with Crippen LogP contribution < -0.4 is 10.6 Å². The molecule has 1 aromatic carbocycles. The molecule has 0 amide bonds. The topological polar surface area (TPSA) is 32.5 Å². The smallest absolute Gasteiger partial charge is 0.182 e. The van der Waals surface area contributed by atoms with E-state index in [-0.39, 0.29) is 21.8 Å². The summed E-state index contributed by atoms with van der Waals surface area (Å²) in [6, 6.07) is 3.00. The van der Waals surface area contributed by atoms with Crippen molar-refractivity contribution in [3.8, 4) is 0 Å². The maximum atomic E-state index is 14.2. The summed E-state index contributed by atoms with van der Waals surface area (Å²) in [4.78, 5) is 3.94. The minimum Gasteiger partial charge on any atom is -0.389 e. The molecule has 1 aliphatic heterocycles. The van der Waals surface area contributed by atoms with Crippen LogP contribution in [0.5, 0.6) is 0 Å². The number of thiocarbonyl (C=S) groups is 1. The Bertz CT molecular complexity index is 545. The average Bonchev–Trinajstić information content (AvgIpc) is 2.35. The number of hydrogen-bond acceptors (Lipinski definition) is 3. The third-order valence-corrected chi connectivity index (χ3v) is 4.20. The molecule has 1 aromatic rings. The van der Waals surface area contributed by atoms with E-state index in [2.05, 4.69) is 18.7 Å². The number of nitrogens with zero attached hydrogens (tertiary/aromatic N) is 2. The number of rotatable bonds is 2. The quantitative estimate of drug-likeness (QED) is 0.848. The summed E-state index contributed by atoms with van der Waals surface area (Å²) in [6.45, 7) is 6.24. The molecule has 0 unspecified atom stereocenters. The molecular weight excluding hydrogens is 280 g/mol. The molecule has 1 fully saturated rings. The van der Waals surface area contributed by atoms with Crippen LogP contribution in [0, 0.1) is 11.6 Å². The zero-order valence-electron chi connectivity index (χ0n) is 11.9. The van der Waals surface area contributed by atoms with Crippen molar-refractivity contribution < 1.29 is 8.78 Å². The Morgan fingerprint density at radius 3 is 2.45 bits per heavy atom. The fraction of sp³-hybridized carbons (Fsp3) is 0.500. The number of piperazine rings is 1. The van der Waals surface area contributed by atoms with Crippen LogP contribution in [0.1, 0.15) is 19.4 Å². The van der Waals surface area contributed by atoms with Gasteiger partial charge in [0, 0.05) is 30.7 Å². The summed E-state index contributed by atoms with van der Waals surface area (Å²) in [5.74, 6) is -1.85. The number of likely N-dealkylation sites (N-methyl/N-ethyl adjacent to an activating group) is 1. The molecule has 1 saturated heterocycles. The van der Waals surface area contributed by atoms with E-state index in [1.54, 1.807) is 6.07 Å². The third-order valence-electron chi connectivity index (χ3n) is 3.98. The monoisotopic (exact) mass is 299 g/mol. The molecule has 0 saturated carbocycles. The van der Waals surface area contributed by atoms with E-state index in [9.17, 15) is 8.78 Å². The highest BCUT2D eigenvalue weighted by Gasteiger charge is 2.32. The first-order valence-electron chi connectivity index (χ1n) is 6.48. The van der Waals surface area contributed by atoms with Gasteiger partial charge in [0.2, 0.25) is 0 Å². The lowest BCUT2D eigenvalue weighted by atomic mass is 9.99. The molecule has 3 nitrogen and oxygen atoms in total. The number of nitrogens with two attached hydrogens (primary N) is 1. The Morgan fingerprint density at radius 1 is 1.25 bits per heavy atom. The summed E-state index contributed by atoms with van der Waals surface area (Å²) < 4.78 is 28.2. The van der Waals surface area contributed by atoms with Crippen molar-refractivity contribution in [1.29, 1.82) is 0 Å². The summed E-state index contributed by atoms with van der Waals surface area (Å²) in [7, 11) is 2.03. The van der Waals surface area contributed by atoms with Crippen LogP contribution in [0.15, 0.2) is 12.1 Å². The molecule has 1 heterocycles. The average molecular weight is 299 g/mol. The molecule has 0 aromatic heterocycles. The van der Waals surface area contributed by atoms with E-state index in [0.717, 1.165) is 6.54 Å². The van der Waals surface area contributed by atoms with Crippen molar-refractivity contribution in [3.63, 3.8) is 0 Å². The number of hydrogen-bond donors (Lipinski definition) is 1. The molecular formula is C14H19F2N3S. The first-order valence-corrected chi connectivity index (χ1v) is 6.89. The van der Waals surface area contributed by atoms with Crippen LogP contribution in [-0.4, -0.2) is 42.1 Å². The molecule has 110 valence electrons. The highest BCUT2D eigenvalue weighted by molar-refractivity contribution is 7.80. The van der Waals surface area contributed by atoms with Gasteiger partial charge >= 0.3 is 0 Å². The Hall–Kier alpha value is -1.27. The second-order valence-corrected chi connectivity index (χ2v) is 6.22. The van der Waals surface area contributed by atoms with Crippen molar-refractivity contribution in [2.24, 2.45) is 5.73 Å². The molecule has 0 spiro atoms. The first-order chi connectivity index (χ1) is 9.24. The van der Waals surface area contributed by atoms with Gasteiger partial charge in [0.25, 0.3) is 0 Å². The Kier molecular flexibility index (Phi) is 3.97. The van der Waals surface area contributed by atoms with E-state index in [1.165, 1.54) is 6.07 Å². The molecule has 2 rings (SSSR count). The number of benzene rings is 1. The first kappa shape index (κ1) is 15.1. The molecule has 1 aliphatic rings. The molecule has 0 bridgehead atoms. The van der Waals surface area contributed by atoms with Gasteiger partial charge < -0.3 is 10.6 Å². The lowest BCUT2D eigenvalue weighted by Gasteiger charge is -2.46. The van der Waals surface area contributed by atoms with Crippen molar-refractivity contribution in [1.82, 2.24) is 4.90 Å². The van der Waals surface area contributed by atoms with Gasteiger partial charge in [-0.15, -0.1) is 0 Å². The van der Waals surface area contributed by atoms with Gasteiger partial charge in [0.05, 0.1) is 5.69 Å². The van der Waals surface area contributed by atoms with Gasteiger partial charge in [-0.2, -0.15) is 0 Å². The van der Waals surface area contributed by atoms with E-state index in [0.29, 0.717) is 13.1 Å². The van der Waals surface area contributed by atoms with E-state index >= 15 is 0 Å². The van der Waals surface area contributed by atoms with Gasteiger partial charge in [-0.3, -0.25) is 4.90 Å². The normalized spacial score (nSPS) is 19.1. The minimum atomic E-state index is -0.966. The lowest BCUT2D eigenvalue weighted by Crippen LogP contribution is -2.57. The number of halogens is 2. The maximum absolute atomic E-state index is 14.2. The van der Waals surface area contributed by atoms with Crippen LogP contribution >= 0.6 is 12.2 Å². The van der Waals surface area contributed by atoms with E-state index < -0.39 is 11.6 Å². The van der Waals surface area contributed by atoms with Crippen molar-refractivity contribution in [3.05, 3.63) is 29.3 Å². The zero-order valence-corrected chi connectivity index (χ0v) is 12.7. The van der Waals surface area contributed by atoms with Gasteiger partial charge in [-0.05, 0) is 33.0 Å². The minimum absolute atomic E-state index is 0.0466. The zero-order chi connectivity index (χ0) is 15.1. The van der Waals surface area contributed by atoms with Crippen LogP contribution in [-0.2, 0) is 0 Å². The molecule has 0 atom stereocenters. The van der Waals surface area contributed by atoms with Crippen LogP contribution in [0.2, 0.25) is 0 Å². The van der Waals surface area contributed by atoms with Gasteiger partial charge in [0.1, 0.15) is 4.99 Å². The highest BCUT2D eigenvalue weighted by atomic mass is 32.1. The summed E-state index contributed by atoms with van der Waals surface area (Å²) >= 11 is 4.71. The molecule has 20 heavy (non-hydrogen) atoms. The lowest BCUT2D eigenvalue weighted by molar-refractivity contribution is 0.138. The van der Waals surface area contributed by atoms with Gasteiger partial charge in [-0.25, -0.2) is 8.78 Å². The van der Waals surface area contributed by atoms with E-state index in [1.807, 2.05) is 11.9 Å². The summed E-state index contributed by atoms with van der Waals surface area (Å²) in [5, 5.41) is 0. The third kappa shape index (κ3) is 2.62. The summed E-state index contributed by atoms with van der Waals surface area (Å²) in [6.07, 6.45) is 0.